The number of tetrazole rings is 1. The van der Waals surface area contributed by atoms with Crippen LogP contribution in [0.2, 0.25) is 0 Å². The zero-order valence-corrected chi connectivity index (χ0v) is 15.4. The van der Waals surface area contributed by atoms with Gasteiger partial charge >= 0.3 is 5.97 Å². The second-order valence-corrected chi connectivity index (χ2v) is 5.90. The Labute approximate surface area is 166 Å². The van der Waals surface area contributed by atoms with Crippen molar-refractivity contribution in [3.63, 3.8) is 0 Å². The van der Waals surface area contributed by atoms with Crippen molar-refractivity contribution in [1.82, 2.24) is 20.6 Å². The average molecular weight is 388 g/mol. The maximum atomic E-state index is 12.3. The largest absolute Gasteiger partial charge is 0.451 e. The lowest BCUT2D eigenvalue weighted by molar-refractivity contribution is 0.0319. The Morgan fingerprint density at radius 1 is 1.14 bits per heavy atom. The highest BCUT2D eigenvalue weighted by Crippen LogP contribution is 2.14. The van der Waals surface area contributed by atoms with E-state index in [1.54, 1.807) is 54.6 Å². The number of ketones is 1. The minimum Gasteiger partial charge on any atom is -0.451 e. The highest BCUT2D eigenvalue weighted by Gasteiger charge is 2.20. The lowest BCUT2D eigenvalue weighted by Crippen LogP contribution is -2.24. The molecule has 9 heteroatoms. The van der Waals surface area contributed by atoms with Gasteiger partial charge in [0.1, 0.15) is 11.6 Å². The van der Waals surface area contributed by atoms with Gasteiger partial charge in [0.15, 0.2) is 6.10 Å². The van der Waals surface area contributed by atoms with Crippen LogP contribution in [0.25, 0.3) is 5.57 Å². The molecule has 3 rings (SSSR count). The number of allylic oxidation sites excluding steroid dienone is 1. The molecule has 0 radical (unpaired) electrons. The van der Waals surface area contributed by atoms with E-state index in [4.69, 9.17) is 10.00 Å². The number of ether oxygens (including phenoxy) is 1. The Kier molecular flexibility index (Phi) is 6.07. The second-order valence-electron chi connectivity index (χ2n) is 5.90. The predicted octanol–water partition coefficient (Wildman–Crippen LogP) is 2.60. The molecule has 0 aliphatic carbocycles. The number of Topliss-reactive ketones (excluding diaryl/α,β-unsaturated/α-hetero) is 1. The van der Waals surface area contributed by atoms with Crippen LogP contribution in [0.3, 0.4) is 0 Å². The standard InChI is InChI=1S/C20H16N6O3/c1-13(18(27)14-5-3-2-4-6-14)29-20(28)15-7-9-17(10-8-15)22-12-16(11-21)19-23-25-26-24-19/h2-10,12-13,22H,1H3,(H,23,24,25,26). The molecule has 0 saturated carbocycles. The van der Waals surface area contributed by atoms with Crippen LogP contribution in [-0.4, -0.2) is 38.5 Å². The lowest BCUT2D eigenvalue weighted by atomic mass is 10.1. The number of hydrogen-bond acceptors (Lipinski definition) is 8. The van der Waals surface area contributed by atoms with Crippen LogP contribution in [-0.2, 0) is 4.74 Å². The molecule has 0 fully saturated rings. The molecule has 9 nitrogen and oxygen atoms in total. The van der Waals surface area contributed by atoms with Crippen LogP contribution in [0.4, 0.5) is 5.69 Å². The molecule has 0 bridgehead atoms. The van der Waals surface area contributed by atoms with Crippen LogP contribution in [0.5, 0.6) is 0 Å². The quantitative estimate of drug-likeness (QED) is 0.358. The first-order valence-electron chi connectivity index (χ1n) is 8.59. The second kappa shape index (κ2) is 9.05. The minimum absolute atomic E-state index is 0.164. The van der Waals surface area contributed by atoms with Gasteiger partial charge in [-0.2, -0.15) is 10.5 Å². The first kappa shape index (κ1) is 19.4. The van der Waals surface area contributed by atoms with Crippen molar-refractivity contribution < 1.29 is 14.3 Å². The van der Waals surface area contributed by atoms with E-state index in [1.165, 1.54) is 13.1 Å². The third-order valence-corrected chi connectivity index (χ3v) is 3.92. The first-order valence-corrected chi connectivity index (χ1v) is 8.59. The van der Waals surface area contributed by atoms with Crippen molar-refractivity contribution in [2.45, 2.75) is 13.0 Å². The molecule has 0 saturated heterocycles. The summed E-state index contributed by atoms with van der Waals surface area (Å²) in [6.07, 6.45) is 0.525. The molecule has 1 heterocycles. The number of nitrogens with one attached hydrogen (secondary N) is 2. The van der Waals surface area contributed by atoms with Crippen molar-refractivity contribution in [3.05, 3.63) is 77.7 Å². The third kappa shape index (κ3) is 4.90. The summed E-state index contributed by atoms with van der Waals surface area (Å²) in [6, 6.07) is 17.0. The van der Waals surface area contributed by atoms with Crippen molar-refractivity contribution in [2.75, 3.05) is 5.32 Å². The van der Waals surface area contributed by atoms with E-state index in [9.17, 15) is 9.59 Å². The summed E-state index contributed by atoms with van der Waals surface area (Å²) in [5.74, 6) is -0.710. The molecule has 0 aliphatic rings. The first-order chi connectivity index (χ1) is 14.1. The number of anilines is 1. The summed E-state index contributed by atoms with van der Waals surface area (Å²) >= 11 is 0. The molecular formula is C20H16N6O3. The molecule has 0 spiro atoms. The van der Waals surface area contributed by atoms with E-state index in [2.05, 4.69) is 25.9 Å². The number of hydrogen-bond donors (Lipinski definition) is 2. The van der Waals surface area contributed by atoms with Crippen LogP contribution >= 0.6 is 0 Å². The van der Waals surface area contributed by atoms with Gasteiger partial charge in [-0.05, 0) is 36.4 Å². The van der Waals surface area contributed by atoms with E-state index in [-0.39, 0.29) is 17.2 Å². The van der Waals surface area contributed by atoms with E-state index in [0.717, 1.165) is 0 Å². The summed E-state index contributed by atoms with van der Waals surface area (Å²) in [6.45, 7) is 1.54. The predicted molar refractivity (Wildman–Crippen MR) is 103 cm³/mol. The molecule has 144 valence electrons. The van der Waals surface area contributed by atoms with Crippen LogP contribution in [0.1, 0.15) is 33.5 Å². The summed E-state index contributed by atoms with van der Waals surface area (Å²) in [7, 11) is 0. The molecule has 2 N–H and O–H groups in total. The Balaban J connectivity index is 1.61. The number of carbonyl (C=O) groups is 2. The van der Waals surface area contributed by atoms with E-state index < -0.39 is 12.1 Å². The number of aromatic amines is 1. The van der Waals surface area contributed by atoms with Gasteiger partial charge in [-0.25, -0.2) is 4.79 Å². The fraction of sp³-hybridized carbons (Fsp3) is 0.100. The lowest BCUT2D eigenvalue weighted by Gasteiger charge is -2.12. The normalized spacial score (nSPS) is 11.9. The van der Waals surface area contributed by atoms with Crippen LogP contribution < -0.4 is 5.32 Å². The van der Waals surface area contributed by atoms with Gasteiger partial charge in [0, 0.05) is 17.5 Å². The number of nitrogens with zero attached hydrogens (tertiary/aromatic N) is 4. The number of benzene rings is 2. The topological polar surface area (TPSA) is 134 Å². The van der Waals surface area contributed by atoms with Gasteiger partial charge in [-0.15, -0.1) is 10.2 Å². The fourth-order valence-electron chi connectivity index (χ4n) is 2.40. The molecule has 0 aliphatic heterocycles. The Bertz CT molecular complexity index is 1050. The highest BCUT2D eigenvalue weighted by atomic mass is 16.5. The van der Waals surface area contributed by atoms with Gasteiger partial charge in [-0.3, -0.25) is 4.79 Å². The smallest absolute Gasteiger partial charge is 0.338 e. The van der Waals surface area contributed by atoms with Gasteiger partial charge in [0.25, 0.3) is 0 Å². The van der Waals surface area contributed by atoms with Gasteiger partial charge in [-0.1, -0.05) is 30.3 Å². The monoisotopic (exact) mass is 388 g/mol. The fourth-order valence-corrected chi connectivity index (χ4v) is 2.40. The minimum atomic E-state index is -0.904. The van der Waals surface area contributed by atoms with Gasteiger partial charge in [0.2, 0.25) is 11.6 Å². The molecule has 1 atom stereocenters. The molecule has 1 unspecified atom stereocenters. The third-order valence-electron chi connectivity index (χ3n) is 3.92. The number of H-pyrrole nitrogens is 1. The zero-order valence-electron chi connectivity index (χ0n) is 15.4. The SMILES string of the molecule is CC(OC(=O)c1ccc(NC=C(C#N)c2nn[nH]n2)cc1)C(=O)c1ccccc1. The highest BCUT2D eigenvalue weighted by molar-refractivity contribution is 6.01. The molecule has 2 aromatic carbocycles. The number of carbonyl (C=O) groups excluding carboxylic acids is 2. The summed E-state index contributed by atoms with van der Waals surface area (Å²) in [5.41, 5.74) is 1.60. The number of esters is 1. The maximum absolute atomic E-state index is 12.3. The Morgan fingerprint density at radius 2 is 1.86 bits per heavy atom. The maximum Gasteiger partial charge on any atom is 0.338 e. The van der Waals surface area contributed by atoms with Crippen LogP contribution in [0, 0.1) is 11.3 Å². The van der Waals surface area contributed by atoms with Gasteiger partial charge < -0.3 is 10.1 Å². The van der Waals surface area contributed by atoms with Crippen molar-refractivity contribution in [2.24, 2.45) is 0 Å². The molecule has 29 heavy (non-hydrogen) atoms. The number of aromatic nitrogens is 4. The molecule has 3 aromatic rings. The van der Waals surface area contributed by atoms with E-state index in [0.29, 0.717) is 16.8 Å². The zero-order chi connectivity index (χ0) is 20.6. The van der Waals surface area contributed by atoms with Crippen molar-refractivity contribution in [3.8, 4) is 6.07 Å². The van der Waals surface area contributed by atoms with Crippen LogP contribution in [0.15, 0.2) is 60.8 Å². The summed E-state index contributed by atoms with van der Waals surface area (Å²) in [4.78, 5) is 24.6. The average Bonchev–Trinajstić information content (AvgIpc) is 3.29. The molecular weight excluding hydrogens is 372 g/mol. The Hall–Kier alpha value is -4.32. The summed E-state index contributed by atoms with van der Waals surface area (Å²) in [5, 5.41) is 25.2. The van der Waals surface area contributed by atoms with Gasteiger partial charge in [0.05, 0.1) is 5.56 Å². The summed E-state index contributed by atoms with van der Waals surface area (Å²) < 4.78 is 5.27. The molecule has 0 amide bonds. The molecule has 1 aromatic heterocycles. The van der Waals surface area contributed by atoms with Crippen molar-refractivity contribution in [1.29, 1.82) is 5.26 Å². The number of nitriles is 1. The van der Waals surface area contributed by atoms with E-state index in [1.807, 2.05) is 6.07 Å². The Morgan fingerprint density at radius 3 is 2.48 bits per heavy atom. The number of rotatable bonds is 7. The van der Waals surface area contributed by atoms with E-state index >= 15 is 0 Å². The van der Waals surface area contributed by atoms with Crippen molar-refractivity contribution >= 4 is 23.0 Å².